The maximum absolute atomic E-state index is 13.1. The molecule has 2 aliphatic rings. The molecule has 1 aliphatic carbocycles. The molecule has 5 nitrogen and oxygen atoms in total. The smallest absolute Gasteiger partial charge is 0.243 e. The first-order valence-corrected chi connectivity index (χ1v) is 14.0. The van der Waals surface area contributed by atoms with Gasteiger partial charge in [-0.25, -0.2) is 8.42 Å². The van der Waals surface area contributed by atoms with Crippen LogP contribution in [0, 0.1) is 12.8 Å². The van der Waals surface area contributed by atoms with Gasteiger partial charge in [-0.2, -0.15) is 4.31 Å². The van der Waals surface area contributed by atoms with Crippen LogP contribution in [0.5, 0.6) is 0 Å². The van der Waals surface area contributed by atoms with E-state index < -0.39 is 10.0 Å². The summed E-state index contributed by atoms with van der Waals surface area (Å²) in [6, 6.07) is 14.0. The maximum Gasteiger partial charge on any atom is 0.243 e. The molecule has 0 unspecified atom stereocenters. The zero-order valence-electron chi connectivity index (χ0n) is 18.7. The number of carbonyl (C=O) groups excluding carboxylic acids is 1. The van der Waals surface area contributed by atoms with Gasteiger partial charge in [0.25, 0.3) is 0 Å². The van der Waals surface area contributed by atoms with Crippen molar-refractivity contribution >= 4 is 27.7 Å². The van der Waals surface area contributed by atoms with Crippen LogP contribution in [-0.2, 0) is 27.7 Å². The molecular weight excluding hydrogens is 440 g/mol. The third-order valence-corrected chi connectivity index (χ3v) is 9.38. The van der Waals surface area contributed by atoms with Crippen molar-refractivity contribution in [1.82, 2.24) is 9.62 Å². The van der Waals surface area contributed by atoms with Crippen molar-refractivity contribution in [2.45, 2.75) is 55.2 Å². The van der Waals surface area contributed by atoms with Crippen molar-refractivity contribution in [1.29, 1.82) is 0 Å². The van der Waals surface area contributed by atoms with Gasteiger partial charge in [-0.15, -0.1) is 11.8 Å². The molecule has 32 heavy (non-hydrogen) atoms. The van der Waals surface area contributed by atoms with Gasteiger partial charge in [0.2, 0.25) is 15.9 Å². The zero-order valence-corrected chi connectivity index (χ0v) is 20.3. The molecule has 7 heteroatoms. The van der Waals surface area contributed by atoms with Crippen LogP contribution in [0.15, 0.2) is 52.3 Å². The van der Waals surface area contributed by atoms with E-state index >= 15 is 0 Å². The minimum atomic E-state index is -3.50. The Bertz CT molecular complexity index is 1040. The highest BCUT2D eigenvalue weighted by molar-refractivity contribution is 7.99. The quantitative estimate of drug-likeness (QED) is 0.485. The van der Waals surface area contributed by atoms with Gasteiger partial charge in [-0.1, -0.05) is 23.8 Å². The highest BCUT2D eigenvalue weighted by Crippen LogP contribution is 2.28. The predicted molar refractivity (Wildman–Crippen MR) is 129 cm³/mol. The number of rotatable bonds is 7. The van der Waals surface area contributed by atoms with Crippen molar-refractivity contribution in [3.63, 3.8) is 0 Å². The Morgan fingerprint density at radius 1 is 1.03 bits per heavy atom. The fraction of sp³-hybridized carbons (Fsp3) is 0.480. The summed E-state index contributed by atoms with van der Waals surface area (Å²) in [5.74, 6) is 0.745. The normalized spacial score (nSPS) is 17.7. The number of nitrogens with zero attached hydrogens (tertiary/aromatic N) is 1. The van der Waals surface area contributed by atoms with Crippen LogP contribution in [0.2, 0.25) is 0 Å². The summed E-state index contributed by atoms with van der Waals surface area (Å²) < 4.78 is 27.8. The average molecular weight is 473 g/mol. The van der Waals surface area contributed by atoms with Gasteiger partial charge in [0.15, 0.2) is 0 Å². The van der Waals surface area contributed by atoms with E-state index in [4.69, 9.17) is 0 Å². The fourth-order valence-corrected chi connectivity index (χ4v) is 6.79. The molecule has 0 spiro atoms. The minimum absolute atomic E-state index is 0.0420. The molecule has 2 aromatic carbocycles. The van der Waals surface area contributed by atoms with Crippen LogP contribution in [0.4, 0.5) is 0 Å². The molecule has 1 fully saturated rings. The monoisotopic (exact) mass is 472 g/mol. The van der Waals surface area contributed by atoms with Gasteiger partial charge in [0.05, 0.1) is 4.90 Å². The number of fused-ring (bicyclic) bond motifs is 1. The van der Waals surface area contributed by atoms with Crippen LogP contribution in [-0.4, -0.2) is 44.0 Å². The standard InChI is InChI=1S/C25H32N2O3S2/c1-19-6-9-23(10-7-19)31-17-14-26-25(28)21-12-15-27(16-13-21)32(29,30)24-11-8-20-4-2-3-5-22(20)18-24/h6-11,18,21H,2-5,12-17H2,1H3,(H,26,28). The minimum Gasteiger partial charge on any atom is -0.355 e. The lowest BCUT2D eigenvalue weighted by Gasteiger charge is -2.31. The van der Waals surface area contributed by atoms with Crippen molar-refractivity contribution in [3.05, 3.63) is 59.2 Å². The molecule has 0 saturated carbocycles. The largest absolute Gasteiger partial charge is 0.355 e. The Morgan fingerprint density at radius 2 is 1.72 bits per heavy atom. The Labute approximate surface area is 196 Å². The van der Waals surface area contributed by atoms with Gasteiger partial charge in [-0.3, -0.25) is 4.79 Å². The number of hydrogen-bond acceptors (Lipinski definition) is 4. The molecule has 0 atom stereocenters. The molecule has 4 rings (SSSR count). The van der Waals surface area contributed by atoms with E-state index in [9.17, 15) is 13.2 Å². The second kappa shape index (κ2) is 10.4. The third kappa shape index (κ3) is 5.56. The number of benzene rings is 2. The summed E-state index contributed by atoms with van der Waals surface area (Å²) in [6.45, 7) is 3.48. The first kappa shape index (κ1) is 23.3. The lowest BCUT2D eigenvalue weighted by atomic mass is 9.92. The van der Waals surface area contributed by atoms with Crippen molar-refractivity contribution in [3.8, 4) is 0 Å². The number of hydrogen-bond donors (Lipinski definition) is 1. The van der Waals surface area contributed by atoms with Crippen LogP contribution in [0.1, 0.15) is 42.4 Å². The Morgan fingerprint density at radius 3 is 2.44 bits per heavy atom. The molecule has 1 heterocycles. The highest BCUT2D eigenvalue weighted by Gasteiger charge is 2.32. The lowest BCUT2D eigenvalue weighted by molar-refractivity contribution is -0.125. The predicted octanol–water partition coefficient (Wildman–Crippen LogP) is 4.18. The summed E-state index contributed by atoms with van der Waals surface area (Å²) in [6.07, 6.45) is 5.45. The summed E-state index contributed by atoms with van der Waals surface area (Å²) in [5.41, 5.74) is 3.70. The Hall–Kier alpha value is -1.83. The molecule has 172 valence electrons. The molecular formula is C25H32N2O3S2. The van der Waals surface area contributed by atoms with Gasteiger partial charge >= 0.3 is 0 Å². The molecule has 2 aromatic rings. The molecule has 1 amide bonds. The lowest BCUT2D eigenvalue weighted by Crippen LogP contribution is -2.43. The number of nitrogens with one attached hydrogen (secondary N) is 1. The van der Waals surface area contributed by atoms with Crippen molar-refractivity contribution < 1.29 is 13.2 Å². The van der Waals surface area contributed by atoms with E-state index in [2.05, 4.69) is 36.5 Å². The van der Waals surface area contributed by atoms with E-state index in [-0.39, 0.29) is 11.8 Å². The van der Waals surface area contributed by atoms with Crippen LogP contribution >= 0.6 is 11.8 Å². The molecule has 0 aromatic heterocycles. The number of aryl methyl sites for hydroxylation is 3. The van der Waals surface area contributed by atoms with Gasteiger partial charge < -0.3 is 5.32 Å². The summed E-state index contributed by atoms with van der Waals surface area (Å²) in [7, 11) is -3.50. The summed E-state index contributed by atoms with van der Waals surface area (Å²) >= 11 is 1.73. The second-order valence-electron chi connectivity index (χ2n) is 8.77. The molecule has 1 aliphatic heterocycles. The van der Waals surface area contributed by atoms with Crippen LogP contribution in [0.25, 0.3) is 0 Å². The number of amides is 1. The maximum atomic E-state index is 13.1. The fourth-order valence-electron chi connectivity index (χ4n) is 4.50. The number of thioether (sulfide) groups is 1. The Kier molecular flexibility index (Phi) is 7.59. The highest BCUT2D eigenvalue weighted by atomic mass is 32.2. The number of sulfonamides is 1. The van der Waals surface area contributed by atoms with Crippen LogP contribution in [0.3, 0.4) is 0 Å². The van der Waals surface area contributed by atoms with E-state index in [1.807, 2.05) is 12.1 Å². The molecule has 1 N–H and O–H groups in total. The molecule has 1 saturated heterocycles. The topological polar surface area (TPSA) is 66.5 Å². The molecule has 0 radical (unpaired) electrons. The SMILES string of the molecule is Cc1ccc(SCCNC(=O)C2CCN(S(=O)(=O)c3ccc4c(c3)CCCC4)CC2)cc1. The van der Waals surface area contributed by atoms with Gasteiger partial charge in [0, 0.05) is 36.2 Å². The number of piperidine rings is 1. The van der Waals surface area contributed by atoms with E-state index in [1.165, 1.54) is 28.0 Å². The van der Waals surface area contributed by atoms with Gasteiger partial charge in [0.1, 0.15) is 0 Å². The van der Waals surface area contributed by atoms with Crippen LogP contribution < -0.4 is 5.32 Å². The Balaban J connectivity index is 1.25. The second-order valence-corrected chi connectivity index (χ2v) is 11.9. The summed E-state index contributed by atoms with van der Waals surface area (Å²) in [5, 5.41) is 3.03. The average Bonchev–Trinajstić information content (AvgIpc) is 2.82. The zero-order chi connectivity index (χ0) is 22.6. The van der Waals surface area contributed by atoms with E-state index in [0.29, 0.717) is 37.4 Å². The van der Waals surface area contributed by atoms with Gasteiger partial charge in [-0.05, 0) is 80.8 Å². The third-order valence-electron chi connectivity index (χ3n) is 6.47. The van der Waals surface area contributed by atoms with Crippen molar-refractivity contribution in [2.75, 3.05) is 25.4 Å². The first-order valence-electron chi connectivity index (χ1n) is 11.5. The molecule has 0 bridgehead atoms. The van der Waals surface area contributed by atoms with E-state index in [1.54, 1.807) is 22.1 Å². The van der Waals surface area contributed by atoms with E-state index in [0.717, 1.165) is 25.0 Å². The summed E-state index contributed by atoms with van der Waals surface area (Å²) in [4.78, 5) is 14.1. The van der Waals surface area contributed by atoms with Crippen molar-refractivity contribution in [2.24, 2.45) is 5.92 Å². The number of carbonyl (C=O) groups is 1. The first-order chi connectivity index (χ1) is 15.4.